The monoisotopic (exact) mass is 736 g/mol. The highest BCUT2D eigenvalue weighted by Crippen LogP contribution is 2.36. The summed E-state index contributed by atoms with van der Waals surface area (Å²) in [6.45, 7) is 3.45. The van der Waals surface area contributed by atoms with Gasteiger partial charge in [-0.15, -0.1) is 0 Å². The Morgan fingerprint density at radius 3 is 1.78 bits per heavy atom. The predicted molar refractivity (Wildman–Crippen MR) is 208 cm³/mol. The zero-order chi connectivity index (χ0) is 37.7. The Balaban J connectivity index is 4.15. The molecule has 0 aromatic carbocycles. The standard InChI is InChI=1S/C41H69O9P/c1-3-5-7-8-9-10-11-12-13-14-17-21-24-27-31-35-41(44)50-39(37-49-51(45,46)47)36-48-40(43)34-30-26-23-20-18-15-16-19-22-25-29-33-38(42)32-28-6-4-2/h9-10,12-13,15-16,20,22-23,25,29,33,38-39,42H,3-8,11,14,17-19,21,24,26-28,30-32,34-37H2,1-2H3,(H2,45,46,47)/b10-9-,13-12-,16-15-,23-20-,25-22-,33-29+/t38-,39-/m1/s1. The Kier molecular flexibility index (Phi) is 34.0. The maximum atomic E-state index is 12.4. The number of rotatable bonds is 34. The van der Waals surface area contributed by atoms with Gasteiger partial charge in [-0.2, -0.15) is 0 Å². The molecule has 0 aliphatic rings. The second-order valence-electron chi connectivity index (χ2n) is 12.7. The summed E-state index contributed by atoms with van der Waals surface area (Å²) >= 11 is 0. The van der Waals surface area contributed by atoms with Crippen LogP contribution < -0.4 is 0 Å². The van der Waals surface area contributed by atoms with Crippen molar-refractivity contribution >= 4 is 19.8 Å². The minimum Gasteiger partial charge on any atom is -0.462 e. The summed E-state index contributed by atoms with van der Waals surface area (Å²) in [6.07, 6.45) is 42.3. The number of phosphoric ester groups is 1. The lowest BCUT2D eigenvalue weighted by Crippen LogP contribution is -2.29. The topological polar surface area (TPSA) is 140 Å². The van der Waals surface area contributed by atoms with Gasteiger partial charge < -0.3 is 24.4 Å². The molecule has 9 nitrogen and oxygen atoms in total. The summed E-state index contributed by atoms with van der Waals surface area (Å²) in [6, 6.07) is 0. The molecule has 0 aliphatic heterocycles. The van der Waals surface area contributed by atoms with Gasteiger partial charge in [-0.25, -0.2) is 4.57 Å². The van der Waals surface area contributed by atoms with Crippen molar-refractivity contribution in [1.82, 2.24) is 0 Å². The molecule has 0 rings (SSSR count). The van der Waals surface area contributed by atoms with Crippen molar-refractivity contribution in [3.8, 4) is 0 Å². The van der Waals surface area contributed by atoms with Crippen molar-refractivity contribution in [2.75, 3.05) is 13.2 Å². The first-order valence-electron chi connectivity index (χ1n) is 19.3. The van der Waals surface area contributed by atoms with E-state index >= 15 is 0 Å². The molecule has 292 valence electrons. The van der Waals surface area contributed by atoms with E-state index in [0.717, 1.165) is 83.5 Å². The summed E-state index contributed by atoms with van der Waals surface area (Å²) < 4.78 is 26.2. The number of hydrogen-bond donors (Lipinski definition) is 3. The lowest BCUT2D eigenvalue weighted by Gasteiger charge is -2.18. The third-order valence-electron chi connectivity index (χ3n) is 7.80. The van der Waals surface area contributed by atoms with Crippen LogP contribution in [0.15, 0.2) is 72.9 Å². The smallest absolute Gasteiger partial charge is 0.462 e. The third kappa shape index (κ3) is 38.5. The highest BCUT2D eigenvalue weighted by molar-refractivity contribution is 7.46. The first-order chi connectivity index (χ1) is 24.7. The third-order valence-corrected chi connectivity index (χ3v) is 8.29. The maximum Gasteiger partial charge on any atom is 0.469 e. The lowest BCUT2D eigenvalue weighted by atomic mass is 10.1. The van der Waals surface area contributed by atoms with E-state index in [1.165, 1.54) is 19.3 Å². The van der Waals surface area contributed by atoms with Crippen LogP contribution in [0.25, 0.3) is 0 Å². The van der Waals surface area contributed by atoms with Gasteiger partial charge in [0.2, 0.25) is 0 Å². The average Bonchev–Trinajstić information content (AvgIpc) is 3.09. The van der Waals surface area contributed by atoms with Gasteiger partial charge in [-0.3, -0.25) is 14.1 Å². The molecule has 51 heavy (non-hydrogen) atoms. The average molecular weight is 737 g/mol. The molecule has 0 spiro atoms. The molecule has 0 heterocycles. The fourth-order valence-corrected chi connectivity index (χ4v) is 5.22. The fraction of sp³-hybridized carbons (Fsp3) is 0.659. The zero-order valence-electron chi connectivity index (χ0n) is 31.6. The number of aliphatic hydroxyl groups excluding tert-OH is 1. The summed E-state index contributed by atoms with van der Waals surface area (Å²) in [5, 5.41) is 9.86. The van der Waals surface area contributed by atoms with Gasteiger partial charge in [-0.05, 0) is 70.6 Å². The van der Waals surface area contributed by atoms with Gasteiger partial charge in [0.1, 0.15) is 6.61 Å². The van der Waals surface area contributed by atoms with Crippen molar-refractivity contribution in [3.63, 3.8) is 0 Å². The van der Waals surface area contributed by atoms with E-state index in [1.54, 1.807) is 0 Å². The molecule has 0 fully saturated rings. The Labute approximate surface area is 309 Å². The van der Waals surface area contributed by atoms with Gasteiger partial charge in [0.05, 0.1) is 12.7 Å². The van der Waals surface area contributed by atoms with Crippen LogP contribution in [0.4, 0.5) is 0 Å². The number of unbranched alkanes of at least 4 members (excludes halogenated alkanes) is 11. The van der Waals surface area contributed by atoms with Crippen molar-refractivity contribution in [3.05, 3.63) is 72.9 Å². The molecule has 0 bridgehead atoms. The number of esters is 2. The van der Waals surface area contributed by atoms with E-state index in [9.17, 15) is 19.3 Å². The Bertz CT molecular complexity index is 1070. The first-order valence-corrected chi connectivity index (χ1v) is 20.9. The minimum atomic E-state index is -4.78. The summed E-state index contributed by atoms with van der Waals surface area (Å²) in [7, 11) is -4.78. The number of carbonyl (C=O) groups is 2. The van der Waals surface area contributed by atoms with Gasteiger partial charge in [-0.1, -0.05) is 138 Å². The number of hydrogen-bond acceptors (Lipinski definition) is 7. The Morgan fingerprint density at radius 2 is 1.14 bits per heavy atom. The lowest BCUT2D eigenvalue weighted by molar-refractivity contribution is -0.161. The van der Waals surface area contributed by atoms with E-state index in [4.69, 9.17) is 19.3 Å². The summed E-state index contributed by atoms with van der Waals surface area (Å²) in [5.74, 6) is -1.00. The first kappa shape index (κ1) is 48.5. The van der Waals surface area contributed by atoms with E-state index in [2.05, 4.69) is 54.8 Å². The molecule has 0 unspecified atom stereocenters. The Hall–Kier alpha value is -2.55. The fourth-order valence-electron chi connectivity index (χ4n) is 4.86. The van der Waals surface area contributed by atoms with E-state index in [-0.39, 0.29) is 25.6 Å². The van der Waals surface area contributed by atoms with Gasteiger partial charge >= 0.3 is 19.8 Å². The van der Waals surface area contributed by atoms with Crippen LogP contribution in [-0.2, 0) is 28.2 Å². The quantitative estimate of drug-likeness (QED) is 0.0194. The van der Waals surface area contributed by atoms with E-state index in [1.807, 2.05) is 36.5 Å². The number of allylic oxidation sites excluding steroid dienone is 11. The minimum absolute atomic E-state index is 0.164. The normalized spacial score (nSPS) is 13.9. The summed E-state index contributed by atoms with van der Waals surface area (Å²) in [5.41, 5.74) is 0. The van der Waals surface area contributed by atoms with Crippen LogP contribution in [0.2, 0.25) is 0 Å². The molecule has 2 atom stereocenters. The second-order valence-corrected chi connectivity index (χ2v) is 14.0. The highest BCUT2D eigenvalue weighted by Gasteiger charge is 2.22. The second kappa shape index (κ2) is 35.8. The largest absolute Gasteiger partial charge is 0.469 e. The zero-order valence-corrected chi connectivity index (χ0v) is 32.5. The molecule has 0 saturated carbocycles. The van der Waals surface area contributed by atoms with Crippen molar-refractivity contribution in [2.24, 2.45) is 0 Å². The molecule has 0 radical (unpaired) electrons. The molecule has 3 N–H and O–H groups in total. The Morgan fingerprint density at radius 1 is 0.608 bits per heavy atom. The number of carbonyl (C=O) groups excluding carboxylic acids is 2. The summed E-state index contributed by atoms with van der Waals surface area (Å²) in [4.78, 5) is 42.7. The molecule has 0 aliphatic carbocycles. The number of phosphoric acid groups is 1. The molecule has 0 amide bonds. The maximum absolute atomic E-state index is 12.4. The van der Waals surface area contributed by atoms with Crippen molar-refractivity contribution in [1.29, 1.82) is 0 Å². The molecule has 0 aromatic rings. The van der Waals surface area contributed by atoms with Gasteiger partial charge in [0.25, 0.3) is 0 Å². The van der Waals surface area contributed by atoms with Crippen LogP contribution in [-0.4, -0.2) is 52.3 Å². The molecule has 0 aromatic heterocycles. The van der Waals surface area contributed by atoms with Crippen LogP contribution >= 0.6 is 7.82 Å². The molecular formula is C41H69O9P. The highest BCUT2D eigenvalue weighted by atomic mass is 31.2. The van der Waals surface area contributed by atoms with E-state index in [0.29, 0.717) is 19.3 Å². The molecule has 0 saturated heterocycles. The SMILES string of the molecule is CCCCC/C=C\C/C=C\CCCCCCCC(=O)O[C@H](COC(=O)CCC/C=C\C/C=C\C/C=C\C=C\[C@H](O)CCCCC)COP(=O)(O)O. The number of ether oxygens (including phenoxy) is 2. The molecular weight excluding hydrogens is 667 g/mol. The molecule has 10 heteroatoms. The van der Waals surface area contributed by atoms with Crippen molar-refractivity contribution in [2.45, 2.75) is 161 Å². The predicted octanol–water partition coefficient (Wildman–Crippen LogP) is 10.5. The van der Waals surface area contributed by atoms with Crippen LogP contribution in [0.3, 0.4) is 0 Å². The van der Waals surface area contributed by atoms with Crippen LogP contribution in [0.5, 0.6) is 0 Å². The van der Waals surface area contributed by atoms with Crippen LogP contribution in [0, 0.1) is 0 Å². The van der Waals surface area contributed by atoms with Gasteiger partial charge in [0.15, 0.2) is 6.10 Å². The van der Waals surface area contributed by atoms with Crippen molar-refractivity contribution < 1.29 is 43.0 Å². The van der Waals surface area contributed by atoms with E-state index < -0.39 is 32.5 Å². The van der Waals surface area contributed by atoms with Crippen LogP contribution in [0.1, 0.15) is 149 Å². The number of aliphatic hydroxyl groups is 1. The van der Waals surface area contributed by atoms with Gasteiger partial charge in [0, 0.05) is 12.8 Å².